The molecule has 7 nitrogen and oxygen atoms in total. The van der Waals surface area contributed by atoms with Crippen LogP contribution in [0.4, 0.5) is 11.6 Å². The second-order valence-corrected chi connectivity index (χ2v) is 5.42. The average molecular weight is 324 g/mol. The number of nitrogens with zero attached hydrogens (tertiary/aromatic N) is 4. The quantitative estimate of drug-likeness (QED) is 0.783. The summed E-state index contributed by atoms with van der Waals surface area (Å²) in [6.07, 6.45) is 0. The Morgan fingerprint density at radius 2 is 1.92 bits per heavy atom. The monoisotopic (exact) mass is 324 g/mol. The third-order valence-electron chi connectivity index (χ3n) is 3.28. The lowest BCUT2D eigenvalue weighted by atomic mass is 10.1. The Morgan fingerprint density at radius 1 is 1.21 bits per heavy atom. The van der Waals surface area contributed by atoms with Crippen LogP contribution in [0.2, 0.25) is 0 Å². The van der Waals surface area contributed by atoms with E-state index in [0.717, 1.165) is 11.6 Å². The molecule has 1 amide bonds. The maximum absolute atomic E-state index is 12.0. The van der Waals surface area contributed by atoms with E-state index in [4.69, 9.17) is 5.26 Å². The molecule has 0 saturated carbocycles. The van der Waals surface area contributed by atoms with E-state index in [2.05, 4.69) is 20.6 Å². The molecule has 0 atom stereocenters. The van der Waals surface area contributed by atoms with Crippen LogP contribution in [0.5, 0.6) is 0 Å². The van der Waals surface area contributed by atoms with Gasteiger partial charge in [-0.05, 0) is 31.2 Å². The minimum atomic E-state index is -0.172. The normalized spacial score (nSPS) is 9.92. The molecule has 0 radical (unpaired) electrons. The minimum Gasteiger partial charge on any atom is -0.368 e. The van der Waals surface area contributed by atoms with Gasteiger partial charge in [0.15, 0.2) is 0 Å². The zero-order valence-electron chi connectivity index (χ0n) is 14.0. The van der Waals surface area contributed by atoms with Gasteiger partial charge in [-0.1, -0.05) is 0 Å². The van der Waals surface area contributed by atoms with Gasteiger partial charge in [0.1, 0.15) is 17.5 Å². The fourth-order valence-corrected chi connectivity index (χ4v) is 2.04. The van der Waals surface area contributed by atoms with Gasteiger partial charge in [-0.15, -0.1) is 0 Å². The zero-order valence-corrected chi connectivity index (χ0v) is 14.0. The van der Waals surface area contributed by atoms with Gasteiger partial charge in [0.2, 0.25) is 0 Å². The topological polar surface area (TPSA) is 93.9 Å². The van der Waals surface area contributed by atoms with E-state index in [1.165, 1.54) is 0 Å². The highest BCUT2D eigenvalue weighted by Crippen LogP contribution is 2.12. The highest BCUT2D eigenvalue weighted by Gasteiger charge is 2.06. The molecule has 1 aromatic heterocycles. The summed E-state index contributed by atoms with van der Waals surface area (Å²) in [6, 6.07) is 10.4. The van der Waals surface area contributed by atoms with Gasteiger partial charge in [-0.25, -0.2) is 9.97 Å². The van der Waals surface area contributed by atoms with Gasteiger partial charge in [-0.3, -0.25) is 4.79 Å². The summed E-state index contributed by atoms with van der Waals surface area (Å²) in [7, 11) is 3.84. The Bertz CT molecular complexity index is 749. The van der Waals surface area contributed by atoms with Crippen LogP contribution in [-0.4, -0.2) is 43.1 Å². The first-order chi connectivity index (χ1) is 11.5. The summed E-state index contributed by atoms with van der Waals surface area (Å²) in [5, 5.41) is 14.7. The summed E-state index contributed by atoms with van der Waals surface area (Å²) in [5.74, 6) is 2.06. The molecule has 2 rings (SSSR count). The van der Waals surface area contributed by atoms with E-state index in [0.29, 0.717) is 30.0 Å². The Hall–Kier alpha value is -3.14. The van der Waals surface area contributed by atoms with Crippen molar-refractivity contribution in [3.05, 3.63) is 47.3 Å². The number of carbonyl (C=O) groups excluding carboxylic acids is 1. The van der Waals surface area contributed by atoms with Crippen LogP contribution in [0.3, 0.4) is 0 Å². The molecule has 0 saturated heterocycles. The van der Waals surface area contributed by atoms with E-state index in [-0.39, 0.29) is 5.91 Å². The van der Waals surface area contributed by atoms with Crippen molar-refractivity contribution < 1.29 is 4.79 Å². The van der Waals surface area contributed by atoms with E-state index in [1.807, 2.05) is 38.1 Å². The van der Waals surface area contributed by atoms with Crippen LogP contribution >= 0.6 is 0 Å². The van der Waals surface area contributed by atoms with E-state index < -0.39 is 0 Å². The highest BCUT2D eigenvalue weighted by molar-refractivity contribution is 5.94. The molecule has 0 aliphatic heterocycles. The number of aryl methyl sites for hydroxylation is 1. The van der Waals surface area contributed by atoms with Gasteiger partial charge >= 0.3 is 0 Å². The lowest BCUT2D eigenvalue weighted by Crippen LogP contribution is -2.29. The zero-order chi connectivity index (χ0) is 17.5. The number of anilines is 2. The van der Waals surface area contributed by atoms with Crippen molar-refractivity contribution in [2.24, 2.45) is 0 Å². The summed E-state index contributed by atoms with van der Waals surface area (Å²) in [4.78, 5) is 22.6. The summed E-state index contributed by atoms with van der Waals surface area (Å²) in [6.45, 7) is 2.84. The lowest BCUT2D eigenvalue weighted by Gasteiger charge is -2.14. The Morgan fingerprint density at radius 3 is 2.54 bits per heavy atom. The Kier molecular flexibility index (Phi) is 5.68. The molecule has 0 fully saturated rings. The Balaban J connectivity index is 1.84. The van der Waals surface area contributed by atoms with Crippen molar-refractivity contribution >= 4 is 17.5 Å². The maximum atomic E-state index is 12.0. The molecular weight excluding hydrogens is 304 g/mol. The number of carbonyl (C=O) groups is 1. The van der Waals surface area contributed by atoms with Crippen LogP contribution < -0.4 is 15.5 Å². The average Bonchev–Trinajstić information content (AvgIpc) is 2.58. The number of benzene rings is 1. The Labute approximate surface area is 141 Å². The van der Waals surface area contributed by atoms with Crippen LogP contribution in [-0.2, 0) is 0 Å². The van der Waals surface area contributed by atoms with E-state index in [9.17, 15) is 4.79 Å². The number of amides is 1. The molecule has 0 bridgehead atoms. The fourth-order valence-electron chi connectivity index (χ4n) is 2.04. The largest absolute Gasteiger partial charge is 0.368 e. The molecule has 0 aliphatic carbocycles. The van der Waals surface area contributed by atoms with Crippen molar-refractivity contribution in [1.82, 2.24) is 15.3 Å². The highest BCUT2D eigenvalue weighted by atomic mass is 16.1. The van der Waals surface area contributed by atoms with Gasteiger partial charge in [0.05, 0.1) is 11.6 Å². The number of hydrogen-bond acceptors (Lipinski definition) is 6. The first kappa shape index (κ1) is 17.2. The predicted molar refractivity (Wildman–Crippen MR) is 93.1 cm³/mol. The lowest BCUT2D eigenvalue weighted by molar-refractivity contribution is 0.0955. The summed E-state index contributed by atoms with van der Waals surface area (Å²) in [5.41, 5.74) is 1.06. The molecule has 2 aromatic rings. The minimum absolute atomic E-state index is 0.172. The van der Waals surface area contributed by atoms with E-state index >= 15 is 0 Å². The molecule has 0 aliphatic rings. The second-order valence-electron chi connectivity index (χ2n) is 5.42. The standard InChI is InChI=1S/C17H20N6O/c1-12-21-15(10-16(22-12)23(2)3)19-8-9-20-17(24)14-6-4-13(11-18)5-7-14/h4-7,10H,8-9H2,1-3H3,(H,20,24)(H,19,21,22). The molecule has 7 heteroatoms. The van der Waals surface area contributed by atoms with Crippen LogP contribution in [0.15, 0.2) is 30.3 Å². The number of aromatic nitrogens is 2. The van der Waals surface area contributed by atoms with E-state index in [1.54, 1.807) is 24.3 Å². The smallest absolute Gasteiger partial charge is 0.251 e. The number of rotatable bonds is 6. The summed E-state index contributed by atoms with van der Waals surface area (Å²) < 4.78 is 0. The van der Waals surface area contributed by atoms with Crippen molar-refractivity contribution in [2.45, 2.75) is 6.92 Å². The van der Waals surface area contributed by atoms with Crippen LogP contribution in [0.1, 0.15) is 21.7 Å². The molecule has 2 N–H and O–H groups in total. The molecule has 1 heterocycles. The molecular formula is C17H20N6O. The third-order valence-corrected chi connectivity index (χ3v) is 3.28. The fraction of sp³-hybridized carbons (Fsp3) is 0.294. The first-order valence-electron chi connectivity index (χ1n) is 7.55. The maximum Gasteiger partial charge on any atom is 0.251 e. The van der Waals surface area contributed by atoms with Gasteiger partial charge in [0.25, 0.3) is 5.91 Å². The van der Waals surface area contributed by atoms with Crippen molar-refractivity contribution in [3.8, 4) is 6.07 Å². The van der Waals surface area contributed by atoms with Gasteiger partial charge < -0.3 is 15.5 Å². The molecule has 1 aromatic carbocycles. The van der Waals surface area contributed by atoms with Crippen LogP contribution in [0, 0.1) is 18.3 Å². The SMILES string of the molecule is Cc1nc(NCCNC(=O)c2ccc(C#N)cc2)cc(N(C)C)n1. The van der Waals surface area contributed by atoms with Gasteiger partial charge in [-0.2, -0.15) is 5.26 Å². The number of nitriles is 1. The van der Waals surface area contributed by atoms with Crippen molar-refractivity contribution in [3.63, 3.8) is 0 Å². The number of nitrogens with one attached hydrogen (secondary N) is 2. The number of hydrogen-bond donors (Lipinski definition) is 2. The molecule has 0 unspecified atom stereocenters. The van der Waals surface area contributed by atoms with Crippen LogP contribution in [0.25, 0.3) is 0 Å². The predicted octanol–water partition coefficient (Wildman–Crippen LogP) is 1.56. The molecule has 24 heavy (non-hydrogen) atoms. The van der Waals surface area contributed by atoms with Crippen molar-refractivity contribution in [2.75, 3.05) is 37.4 Å². The van der Waals surface area contributed by atoms with Crippen molar-refractivity contribution in [1.29, 1.82) is 5.26 Å². The van der Waals surface area contributed by atoms with Gasteiger partial charge in [0, 0.05) is 38.8 Å². The second kappa shape index (κ2) is 7.92. The first-order valence-corrected chi connectivity index (χ1v) is 7.55. The molecule has 124 valence electrons. The molecule has 0 spiro atoms. The third kappa shape index (κ3) is 4.68. The summed E-state index contributed by atoms with van der Waals surface area (Å²) >= 11 is 0.